The van der Waals surface area contributed by atoms with Gasteiger partial charge in [0.1, 0.15) is 0 Å². The van der Waals surface area contributed by atoms with E-state index in [2.05, 4.69) is 19.2 Å². The van der Waals surface area contributed by atoms with Crippen LogP contribution in [0.5, 0.6) is 0 Å². The van der Waals surface area contributed by atoms with Crippen molar-refractivity contribution >= 4 is 0 Å². The Labute approximate surface area is 120 Å². The third-order valence-electron chi connectivity index (χ3n) is 5.62. The van der Waals surface area contributed by atoms with E-state index in [0.717, 1.165) is 17.4 Å². The Morgan fingerprint density at radius 2 is 1.68 bits per heavy atom. The summed E-state index contributed by atoms with van der Waals surface area (Å²) in [5, 5.41) is 3.88. The SMILES string of the molecule is CC(C)CCCCCCNC1CCC12CCCCC2. The molecule has 0 aromatic carbocycles. The van der Waals surface area contributed by atoms with Crippen molar-refractivity contribution in [1.29, 1.82) is 0 Å². The molecule has 0 radical (unpaired) electrons. The number of rotatable bonds is 8. The molecule has 1 heteroatoms. The van der Waals surface area contributed by atoms with Gasteiger partial charge in [-0.25, -0.2) is 0 Å². The van der Waals surface area contributed by atoms with Gasteiger partial charge in [-0.3, -0.25) is 0 Å². The van der Waals surface area contributed by atoms with Crippen LogP contribution in [0, 0.1) is 11.3 Å². The minimum Gasteiger partial charge on any atom is -0.313 e. The third kappa shape index (κ3) is 4.48. The van der Waals surface area contributed by atoms with Crippen molar-refractivity contribution in [2.75, 3.05) is 6.54 Å². The lowest BCUT2D eigenvalue weighted by Crippen LogP contribution is -2.54. The summed E-state index contributed by atoms with van der Waals surface area (Å²) in [6.07, 6.45) is 17.6. The van der Waals surface area contributed by atoms with E-state index in [1.54, 1.807) is 0 Å². The van der Waals surface area contributed by atoms with Crippen molar-refractivity contribution in [3.63, 3.8) is 0 Å². The summed E-state index contributed by atoms with van der Waals surface area (Å²) in [4.78, 5) is 0. The first-order chi connectivity index (χ1) is 9.23. The van der Waals surface area contributed by atoms with Crippen molar-refractivity contribution in [2.45, 2.75) is 96.9 Å². The first kappa shape index (κ1) is 15.4. The van der Waals surface area contributed by atoms with E-state index in [1.807, 2.05) is 0 Å². The Balaban J connectivity index is 1.49. The molecular formula is C18H35N. The van der Waals surface area contributed by atoms with Gasteiger partial charge in [0.25, 0.3) is 0 Å². The molecule has 2 rings (SSSR count). The van der Waals surface area contributed by atoms with Gasteiger partial charge in [-0.2, -0.15) is 0 Å². The molecule has 1 spiro atoms. The van der Waals surface area contributed by atoms with Crippen molar-refractivity contribution < 1.29 is 0 Å². The van der Waals surface area contributed by atoms with Gasteiger partial charge in [0, 0.05) is 6.04 Å². The molecule has 0 aromatic heterocycles. The van der Waals surface area contributed by atoms with E-state index in [0.29, 0.717) is 0 Å². The maximum Gasteiger partial charge on any atom is 0.0124 e. The first-order valence-electron chi connectivity index (χ1n) is 8.96. The maximum atomic E-state index is 3.88. The average molecular weight is 265 g/mol. The standard InChI is InChI=1S/C18H35N/c1-16(2)10-6-3-4-9-15-19-17-11-14-18(17)12-7-5-8-13-18/h16-17,19H,3-15H2,1-2H3. The monoisotopic (exact) mass is 265 g/mol. The molecule has 0 saturated heterocycles. The largest absolute Gasteiger partial charge is 0.313 e. The molecular weight excluding hydrogens is 230 g/mol. The maximum absolute atomic E-state index is 3.88. The van der Waals surface area contributed by atoms with Crippen LogP contribution in [0.1, 0.15) is 90.9 Å². The second-order valence-electron chi connectivity index (χ2n) is 7.57. The molecule has 0 aromatic rings. The van der Waals surface area contributed by atoms with Crippen molar-refractivity contribution in [3.05, 3.63) is 0 Å². The topological polar surface area (TPSA) is 12.0 Å². The van der Waals surface area contributed by atoms with E-state index < -0.39 is 0 Å². The highest BCUT2D eigenvalue weighted by Gasteiger charge is 2.46. The molecule has 1 N–H and O–H groups in total. The molecule has 0 aliphatic heterocycles. The van der Waals surface area contributed by atoms with Crippen LogP contribution in [-0.2, 0) is 0 Å². The zero-order valence-corrected chi connectivity index (χ0v) is 13.3. The molecule has 0 amide bonds. The first-order valence-corrected chi connectivity index (χ1v) is 8.96. The van der Waals surface area contributed by atoms with E-state index >= 15 is 0 Å². The van der Waals surface area contributed by atoms with Crippen LogP contribution in [-0.4, -0.2) is 12.6 Å². The van der Waals surface area contributed by atoms with Gasteiger partial charge >= 0.3 is 0 Å². The van der Waals surface area contributed by atoms with Crippen LogP contribution < -0.4 is 5.32 Å². The van der Waals surface area contributed by atoms with Crippen LogP contribution >= 0.6 is 0 Å². The zero-order chi connectivity index (χ0) is 13.6. The van der Waals surface area contributed by atoms with Crippen LogP contribution in [0.15, 0.2) is 0 Å². The fourth-order valence-corrected chi connectivity index (χ4v) is 4.18. The molecule has 1 atom stereocenters. The summed E-state index contributed by atoms with van der Waals surface area (Å²) >= 11 is 0. The molecule has 2 saturated carbocycles. The Morgan fingerprint density at radius 1 is 0.947 bits per heavy atom. The molecule has 0 heterocycles. The predicted octanol–water partition coefficient (Wildman–Crippen LogP) is 5.30. The second-order valence-corrected chi connectivity index (χ2v) is 7.57. The quantitative estimate of drug-likeness (QED) is 0.588. The zero-order valence-electron chi connectivity index (χ0n) is 13.3. The van der Waals surface area contributed by atoms with Crippen LogP contribution in [0.25, 0.3) is 0 Å². The molecule has 1 unspecified atom stereocenters. The van der Waals surface area contributed by atoms with E-state index in [9.17, 15) is 0 Å². The van der Waals surface area contributed by atoms with Gasteiger partial charge in [0.15, 0.2) is 0 Å². The molecule has 0 bridgehead atoms. The normalized spacial score (nSPS) is 25.7. The lowest BCUT2D eigenvalue weighted by molar-refractivity contribution is 0.0232. The van der Waals surface area contributed by atoms with Crippen molar-refractivity contribution in [1.82, 2.24) is 5.32 Å². The van der Waals surface area contributed by atoms with Gasteiger partial charge in [-0.1, -0.05) is 58.8 Å². The number of hydrogen-bond acceptors (Lipinski definition) is 1. The van der Waals surface area contributed by atoms with Gasteiger partial charge in [-0.15, -0.1) is 0 Å². The Morgan fingerprint density at radius 3 is 2.32 bits per heavy atom. The summed E-state index contributed by atoms with van der Waals surface area (Å²) in [6.45, 7) is 5.94. The number of unbranched alkanes of at least 4 members (excludes halogenated alkanes) is 3. The van der Waals surface area contributed by atoms with E-state index in [1.165, 1.54) is 83.6 Å². The minimum absolute atomic E-state index is 0.746. The number of hydrogen-bond donors (Lipinski definition) is 1. The Hall–Kier alpha value is -0.0400. The van der Waals surface area contributed by atoms with Crippen LogP contribution in [0.3, 0.4) is 0 Å². The third-order valence-corrected chi connectivity index (χ3v) is 5.62. The molecule has 2 aliphatic carbocycles. The van der Waals surface area contributed by atoms with Gasteiger partial charge in [0.2, 0.25) is 0 Å². The van der Waals surface area contributed by atoms with Gasteiger partial charge in [-0.05, 0) is 50.0 Å². The Bertz CT molecular complexity index is 240. The van der Waals surface area contributed by atoms with Crippen LogP contribution in [0.2, 0.25) is 0 Å². The summed E-state index contributed by atoms with van der Waals surface area (Å²) < 4.78 is 0. The fourth-order valence-electron chi connectivity index (χ4n) is 4.18. The summed E-state index contributed by atoms with van der Waals surface area (Å²) in [7, 11) is 0. The second kappa shape index (κ2) is 7.67. The van der Waals surface area contributed by atoms with Gasteiger partial charge in [0.05, 0.1) is 0 Å². The Kier molecular flexibility index (Phi) is 6.19. The lowest BCUT2D eigenvalue weighted by Gasteiger charge is -2.52. The molecule has 1 nitrogen and oxygen atoms in total. The van der Waals surface area contributed by atoms with E-state index in [4.69, 9.17) is 0 Å². The average Bonchev–Trinajstić information content (AvgIpc) is 2.41. The highest BCUT2D eigenvalue weighted by atomic mass is 15.0. The number of nitrogens with one attached hydrogen (secondary N) is 1. The smallest absolute Gasteiger partial charge is 0.0124 e. The summed E-state index contributed by atoms with van der Waals surface area (Å²) in [5.41, 5.74) is 0.746. The lowest BCUT2D eigenvalue weighted by atomic mass is 9.57. The summed E-state index contributed by atoms with van der Waals surface area (Å²) in [5.74, 6) is 0.888. The predicted molar refractivity (Wildman–Crippen MR) is 84.5 cm³/mol. The minimum atomic E-state index is 0.746. The molecule has 19 heavy (non-hydrogen) atoms. The molecule has 112 valence electrons. The molecule has 2 fully saturated rings. The highest BCUT2D eigenvalue weighted by molar-refractivity contribution is 5.01. The van der Waals surface area contributed by atoms with Gasteiger partial charge < -0.3 is 5.32 Å². The van der Waals surface area contributed by atoms with Crippen molar-refractivity contribution in [2.24, 2.45) is 11.3 Å². The van der Waals surface area contributed by atoms with E-state index in [-0.39, 0.29) is 0 Å². The van der Waals surface area contributed by atoms with Crippen LogP contribution in [0.4, 0.5) is 0 Å². The highest BCUT2D eigenvalue weighted by Crippen LogP contribution is 2.51. The molecule has 2 aliphatic rings. The van der Waals surface area contributed by atoms with Crippen molar-refractivity contribution in [3.8, 4) is 0 Å². The fraction of sp³-hybridized carbons (Fsp3) is 1.00. The summed E-state index contributed by atoms with van der Waals surface area (Å²) in [6, 6.07) is 0.878.